The SMILES string of the molecule is CCN(Cc1ccco1)c1ccc(S(C)(=O)=O)cc1N. The van der Waals surface area contributed by atoms with E-state index in [4.69, 9.17) is 10.2 Å². The number of nitrogen functional groups attached to an aromatic ring is 1. The fourth-order valence-corrected chi connectivity index (χ4v) is 2.67. The van der Waals surface area contributed by atoms with Gasteiger partial charge in [0.25, 0.3) is 0 Å². The Morgan fingerprint density at radius 1 is 1.30 bits per heavy atom. The van der Waals surface area contributed by atoms with Crippen LogP contribution in [0.1, 0.15) is 12.7 Å². The van der Waals surface area contributed by atoms with Crippen molar-refractivity contribution in [2.24, 2.45) is 0 Å². The van der Waals surface area contributed by atoms with E-state index in [1.807, 2.05) is 24.0 Å². The summed E-state index contributed by atoms with van der Waals surface area (Å²) in [5.74, 6) is 0.832. The second-order valence-corrected chi connectivity index (χ2v) is 6.60. The minimum atomic E-state index is -3.24. The molecule has 0 amide bonds. The molecule has 0 unspecified atom stereocenters. The molecule has 108 valence electrons. The Labute approximate surface area is 118 Å². The number of benzene rings is 1. The number of nitrogens with two attached hydrogens (primary N) is 1. The van der Waals surface area contributed by atoms with Crippen molar-refractivity contribution >= 4 is 21.2 Å². The van der Waals surface area contributed by atoms with Crippen LogP contribution in [-0.2, 0) is 16.4 Å². The highest BCUT2D eigenvalue weighted by molar-refractivity contribution is 7.90. The first kappa shape index (κ1) is 14.5. The molecular formula is C14H18N2O3S. The van der Waals surface area contributed by atoms with E-state index in [-0.39, 0.29) is 4.90 Å². The number of anilines is 2. The smallest absolute Gasteiger partial charge is 0.175 e. The van der Waals surface area contributed by atoms with E-state index in [0.29, 0.717) is 12.2 Å². The van der Waals surface area contributed by atoms with Gasteiger partial charge in [0.2, 0.25) is 0 Å². The monoisotopic (exact) mass is 294 g/mol. The van der Waals surface area contributed by atoms with Crippen molar-refractivity contribution in [3.05, 3.63) is 42.4 Å². The normalized spacial score (nSPS) is 11.5. The van der Waals surface area contributed by atoms with Gasteiger partial charge in [0.1, 0.15) is 5.76 Å². The van der Waals surface area contributed by atoms with Crippen molar-refractivity contribution in [2.75, 3.05) is 23.4 Å². The van der Waals surface area contributed by atoms with Crippen molar-refractivity contribution < 1.29 is 12.8 Å². The summed E-state index contributed by atoms with van der Waals surface area (Å²) >= 11 is 0. The number of furan rings is 1. The second kappa shape index (κ2) is 5.58. The molecule has 20 heavy (non-hydrogen) atoms. The van der Waals surface area contributed by atoms with E-state index in [9.17, 15) is 8.42 Å². The molecule has 0 aliphatic heterocycles. The maximum Gasteiger partial charge on any atom is 0.175 e. The molecule has 0 bridgehead atoms. The summed E-state index contributed by atoms with van der Waals surface area (Å²) in [7, 11) is -3.24. The molecule has 0 atom stereocenters. The Hall–Kier alpha value is -1.95. The van der Waals surface area contributed by atoms with Crippen LogP contribution in [0, 0.1) is 0 Å². The van der Waals surface area contributed by atoms with Crippen LogP contribution in [0.3, 0.4) is 0 Å². The Bertz CT molecular complexity index is 678. The number of rotatable bonds is 5. The van der Waals surface area contributed by atoms with E-state index in [0.717, 1.165) is 18.0 Å². The predicted octanol–water partition coefficient (Wildman–Crippen LogP) is 2.29. The van der Waals surface area contributed by atoms with Crippen LogP contribution in [-0.4, -0.2) is 21.2 Å². The van der Waals surface area contributed by atoms with Gasteiger partial charge >= 0.3 is 0 Å². The fraction of sp³-hybridized carbons (Fsp3) is 0.286. The van der Waals surface area contributed by atoms with Gasteiger partial charge in [-0.2, -0.15) is 0 Å². The van der Waals surface area contributed by atoms with Crippen LogP contribution in [0.25, 0.3) is 0 Å². The van der Waals surface area contributed by atoms with Gasteiger partial charge in [-0.1, -0.05) is 0 Å². The molecule has 0 radical (unpaired) electrons. The maximum absolute atomic E-state index is 11.5. The predicted molar refractivity (Wildman–Crippen MR) is 79.4 cm³/mol. The van der Waals surface area contributed by atoms with Crippen LogP contribution in [0.4, 0.5) is 11.4 Å². The molecule has 0 aliphatic carbocycles. The lowest BCUT2D eigenvalue weighted by atomic mass is 10.2. The second-order valence-electron chi connectivity index (χ2n) is 4.59. The molecule has 0 saturated heterocycles. The molecule has 1 aromatic carbocycles. The Morgan fingerprint density at radius 2 is 2.05 bits per heavy atom. The third-order valence-electron chi connectivity index (χ3n) is 3.08. The summed E-state index contributed by atoms with van der Waals surface area (Å²) < 4.78 is 28.3. The largest absolute Gasteiger partial charge is 0.467 e. The van der Waals surface area contributed by atoms with Crippen molar-refractivity contribution in [3.8, 4) is 0 Å². The van der Waals surface area contributed by atoms with Crippen LogP contribution in [0.2, 0.25) is 0 Å². The van der Waals surface area contributed by atoms with Crippen molar-refractivity contribution in [2.45, 2.75) is 18.4 Å². The molecule has 2 aromatic rings. The van der Waals surface area contributed by atoms with Gasteiger partial charge in [0.05, 0.1) is 29.1 Å². The van der Waals surface area contributed by atoms with Crippen molar-refractivity contribution in [1.29, 1.82) is 0 Å². The van der Waals surface area contributed by atoms with Crippen molar-refractivity contribution in [3.63, 3.8) is 0 Å². The lowest BCUT2D eigenvalue weighted by Gasteiger charge is -2.23. The Balaban J connectivity index is 2.31. The Kier molecular flexibility index (Phi) is 4.04. The molecule has 0 fully saturated rings. The highest BCUT2D eigenvalue weighted by Crippen LogP contribution is 2.27. The fourth-order valence-electron chi connectivity index (χ4n) is 2.01. The molecule has 0 saturated carbocycles. The number of hydrogen-bond donors (Lipinski definition) is 1. The van der Waals surface area contributed by atoms with Gasteiger partial charge in [0, 0.05) is 12.8 Å². The summed E-state index contributed by atoms with van der Waals surface area (Å²) in [5.41, 5.74) is 7.23. The third kappa shape index (κ3) is 3.14. The number of hydrogen-bond acceptors (Lipinski definition) is 5. The van der Waals surface area contributed by atoms with Gasteiger partial charge < -0.3 is 15.1 Å². The first-order chi connectivity index (χ1) is 9.41. The quantitative estimate of drug-likeness (QED) is 0.856. The molecule has 1 heterocycles. The average Bonchev–Trinajstić information content (AvgIpc) is 2.88. The zero-order chi connectivity index (χ0) is 14.8. The molecule has 0 aliphatic rings. The lowest BCUT2D eigenvalue weighted by Crippen LogP contribution is -2.23. The molecule has 2 N–H and O–H groups in total. The van der Waals surface area contributed by atoms with E-state index < -0.39 is 9.84 Å². The van der Waals surface area contributed by atoms with Gasteiger partial charge in [-0.15, -0.1) is 0 Å². The lowest BCUT2D eigenvalue weighted by molar-refractivity contribution is 0.504. The van der Waals surface area contributed by atoms with Crippen LogP contribution in [0.15, 0.2) is 45.9 Å². The number of sulfone groups is 1. The highest BCUT2D eigenvalue weighted by Gasteiger charge is 2.14. The Morgan fingerprint density at radius 3 is 2.55 bits per heavy atom. The van der Waals surface area contributed by atoms with E-state index in [1.165, 1.54) is 12.3 Å². The molecule has 5 nitrogen and oxygen atoms in total. The van der Waals surface area contributed by atoms with Crippen molar-refractivity contribution in [1.82, 2.24) is 0 Å². The maximum atomic E-state index is 11.5. The molecular weight excluding hydrogens is 276 g/mol. The molecule has 6 heteroatoms. The molecule has 1 aromatic heterocycles. The highest BCUT2D eigenvalue weighted by atomic mass is 32.2. The summed E-state index contributed by atoms with van der Waals surface area (Å²) in [5, 5.41) is 0. The van der Waals surface area contributed by atoms with Gasteiger partial charge in [-0.3, -0.25) is 0 Å². The summed E-state index contributed by atoms with van der Waals surface area (Å²) in [6.45, 7) is 3.34. The minimum absolute atomic E-state index is 0.229. The molecule has 2 rings (SSSR count). The standard InChI is InChI=1S/C14H18N2O3S/c1-3-16(10-11-5-4-8-19-11)14-7-6-12(9-13(14)15)20(2,17)18/h4-9H,3,10,15H2,1-2H3. The topological polar surface area (TPSA) is 76.5 Å². The van der Waals surface area contributed by atoms with Crippen LogP contribution < -0.4 is 10.6 Å². The first-order valence-electron chi connectivity index (χ1n) is 6.28. The van der Waals surface area contributed by atoms with E-state index in [2.05, 4.69) is 0 Å². The number of nitrogens with zero attached hydrogens (tertiary/aromatic N) is 1. The van der Waals surface area contributed by atoms with E-state index in [1.54, 1.807) is 18.4 Å². The summed E-state index contributed by atoms with van der Waals surface area (Å²) in [6, 6.07) is 8.53. The average molecular weight is 294 g/mol. The van der Waals surface area contributed by atoms with Gasteiger partial charge in [-0.25, -0.2) is 8.42 Å². The van der Waals surface area contributed by atoms with Gasteiger partial charge in [0.15, 0.2) is 9.84 Å². The summed E-state index contributed by atoms with van der Waals surface area (Å²) in [6.07, 6.45) is 2.79. The molecule has 0 spiro atoms. The van der Waals surface area contributed by atoms with Crippen LogP contribution >= 0.6 is 0 Å². The van der Waals surface area contributed by atoms with E-state index >= 15 is 0 Å². The van der Waals surface area contributed by atoms with Gasteiger partial charge in [-0.05, 0) is 37.3 Å². The zero-order valence-electron chi connectivity index (χ0n) is 11.5. The third-order valence-corrected chi connectivity index (χ3v) is 4.19. The van der Waals surface area contributed by atoms with Crippen LogP contribution in [0.5, 0.6) is 0 Å². The first-order valence-corrected chi connectivity index (χ1v) is 8.18. The zero-order valence-corrected chi connectivity index (χ0v) is 12.4. The minimum Gasteiger partial charge on any atom is -0.467 e. The summed E-state index contributed by atoms with van der Waals surface area (Å²) in [4.78, 5) is 2.26.